The minimum atomic E-state index is -0.642. The summed E-state index contributed by atoms with van der Waals surface area (Å²) >= 11 is 6.16. The number of carbonyl (C=O) groups is 1. The van der Waals surface area contributed by atoms with E-state index in [0.717, 1.165) is 21.9 Å². The largest absolute Gasteiger partial charge is 0.758 e. The number of benzene rings is 3. The summed E-state index contributed by atoms with van der Waals surface area (Å²) in [6, 6.07) is 19.5. The fraction of sp³-hybridized carbons (Fsp3) is 0.129. The lowest BCUT2D eigenvalue weighted by Gasteiger charge is -2.41. The fourth-order valence-corrected chi connectivity index (χ4v) is 5.38. The number of methoxy groups -OCH3 is 1. The predicted octanol–water partition coefficient (Wildman–Crippen LogP) is 4.90. The van der Waals surface area contributed by atoms with Crippen molar-refractivity contribution in [3.05, 3.63) is 124 Å². The Labute approximate surface area is 257 Å². The van der Waals surface area contributed by atoms with E-state index >= 15 is 4.39 Å². The number of anilines is 2. The Morgan fingerprint density at radius 3 is 2.68 bits per heavy atom. The molecule has 6 rings (SSSR count). The van der Waals surface area contributed by atoms with Crippen molar-refractivity contribution in [2.24, 2.45) is 5.10 Å². The number of hydrazone groups is 1. The zero-order valence-electron chi connectivity index (χ0n) is 23.4. The number of aromatic nitrogens is 2. The van der Waals surface area contributed by atoms with Gasteiger partial charge in [-0.3, -0.25) is 5.32 Å². The summed E-state index contributed by atoms with van der Waals surface area (Å²) in [6.07, 6.45) is 8.09. The van der Waals surface area contributed by atoms with Crippen LogP contribution in [0.4, 0.5) is 20.6 Å². The van der Waals surface area contributed by atoms with E-state index in [-0.39, 0.29) is 16.5 Å². The third-order valence-electron chi connectivity index (χ3n) is 7.41. The van der Waals surface area contributed by atoms with Gasteiger partial charge in [0, 0.05) is 28.8 Å². The van der Waals surface area contributed by atoms with Crippen LogP contribution in [0.25, 0.3) is 16.8 Å². The number of nitrogens with zero attached hydrogens (tertiary/aromatic N) is 4. The minimum Gasteiger partial charge on any atom is -0.758 e. The zero-order valence-corrected chi connectivity index (χ0v) is 24.2. The molecule has 2 aliphatic heterocycles. The predicted molar refractivity (Wildman–Crippen MR) is 166 cm³/mol. The molecule has 0 aliphatic carbocycles. The summed E-state index contributed by atoms with van der Waals surface area (Å²) in [5.74, 6) is -0.383. The number of allylic oxidation sites excluding steroid dienone is 2. The number of carbonyl (C=O) groups excluding carboxylic acids is 1. The van der Waals surface area contributed by atoms with Gasteiger partial charge in [0.15, 0.2) is 12.2 Å². The summed E-state index contributed by atoms with van der Waals surface area (Å²) in [6.45, 7) is 0. The van der Waals surface area contributed by atoms with Gasteiger partial charge in [0.2, 0.25) is 0 Å². The summed E-state index contributed by atoms with van der Waals surface area (Å²) in [5, 5.41) is 22.7. The molecule has 2 atom stereocenters. The smallest absolute Gasteiger partial charge is 0.411 e. The number of hydrogen-bond donors (Lipinski definition) is 4. The number of imidazole rings is 1. The number of nitrogens with one attached hydrogen (secondary N) is 3. The SMILES string of the molecule is COC(=O)Nc1ccc(-c2cnc(C(Cc3ccccc3)C3C=CC(c4c(N5C=NN[NH2+]5)ccc(Cl)c4F)=CN3[O-])[nH]2)cc1. The van der Waals surface area contributed by atoms with Crippen LogP contribution >= 0.6 is 11.6 Å². The monoisotopic (exact) mass is 614 g/mol. The highest BCUT2D eigenvalue weighted by Gasteiger charge is 2.29. The quantitative estimate of drug-likeness (QED) is 0.207. The zero-order chi connectivity index (χ0) is 30.6. The van der Waals surface area contributed by atoms with E-state index in [0.29, 0.717) is 29.2 Å². The maximum Gasteiger partial charge on any atom is 0.411 e. The van der Waals surface area contributed by atoms with Crippen molar-refractivity contribution in [2.45, 2.75) is 18.4 Å². The lowest BCUT2D eigenvalue weighted by atomic mass is 9.88. The van der Waals surface area contributed by atoms with Crippen LogP contribution in [0.3, 0.4) is 0 Å². The Kier molecular flexibility index (Phi) is 8.28. The fourth-order valence-electron chi connectivity index (χ4n) is 5.22. The highest BCUT2D eigenvalue weighted by Crippen LogP contribution is 2.38. The second-order valence-electron chi connectivity index (χ2n) is 10.1. The molecule has 1 aromatic heterocycles. The average Bonchev–Trinajstić information content (AvgIpc) is 3.76. The minimum absolute atomic E-state index is 0.0547. The highest BCUT2D eigenvalue weighted by atomic mass is 35.5. The third-order valence-corrected chi connectivity index (χ3v) is 7.70. The molecule has 0 saturated carbocycles. The Hall–Kier alpha value is -5.17. The van der Waals surface area contributed by atoms with E-state index in [1.807, 2.05) is 42.5 Å². The van der Waals surface area contributed by atoms with Gasteiger partial charge in [-0.25, -0.2) is 14.2 Å². The number of rotatable bonds is 8. The molecule has 3 aromatic carbocycles. The maximum absolute atomic E-state index is 15.4. The van der Waals surface area contributed by atoms with Gasteiger partial charge in [-0.2, -0.15) is 5.01 Å². The molecule has 11 nitrogen and oxygen atoms in total. The van der Waals surface area contributed by atoms with Gasteiger partial charge < -0.3 is 20.0 Å². The van der Waals surface area contributed by atoms with E-state index in [9.17, 15) is 10.0 Å². The second-order valence-corrected chi connectivity index (χ2v) is 10.5. The summed E-state index contributed by atoms with van der Waals surface area (Å²) < 4.78 is 20.1. The Morgan fingerprint density at radius 2 is 1.98 bits per heavy atom. The van der Waals surface area contributed by atoms with Crippen LogP contribution in [0.1, 0.15) is 22.9 Å². The lowest BCUT2D eigenvalue weighted by Crippen LogP contribution is -2.98. The first-order valence-corrected chi connectivity index (χ1v) is 14.1. The molecule has 2 unspecified atom stereocenters. The van der Waals surface area contributed by atoms with Crippen LogP contribution in [0.5, 0.6) is 0 Å². The Bertz CT molecular complexity index is 1740. The van der Waals surface area contributed by atoms with Gasteiger partial charge in [0.05, 0.1) is 24.0 Å². The van der Waals surface area contributed by atoms with Crippen LogP contribution in [0, 0.1) is 11.0 Å². The molecule has 1 amide bonds. The number of halogens is 2. The van der Waals surface area contributed by atoms with Crippen molar-refractivity contribution in [3.63, 3.8) is 0 Å². The third kappa shape index (κ3) is 5.99. The van der Waals surface area contributed by atoms with Crippen molar-refractivity contribution in [1.82, 2.24) is 20.6 Å². The van der Waals surface area contributed by atoms with E-state index < -0.39 is 18.0 Å². The van der Waals surface area contributed by atoms with Gasteiger partial charge in [-0.1, -0.05) is 66.2 Å². The number of ether oxygens (including phenoxy) is 1. The normalized spacial score (nSPS) is 16.5. The second kappa shape index (κ2) is 12.6. The van der Waals surface area contributed by atoms with E-state index in [2.05, 4.69) is 30.7 Å². The van der Waals surface area contributed by atoms with Crippen molar-refractivity contribution in [3.8, 4) is 11.3 Å². The van der Waals surface area contributed by atoms with Gasteiger partial charge in [-0.15, -0.1) is 16.2 Å². The number of hydroxylamine groups is 2. The first-order chi connectivity index (χ1) is 21.4. The number of nitrogens with two attached hydrogens (primary N) is 1. The van der Waals surface area contributed by atoms with Crippen LogP contribution in [-0.2, 0) is 11.2 Å². The molecule has 0 saturated heterocycles. The van der Waals surface area contributed by atoms with Gasteiger partial charge >= 0.3 is 6.09 Å². The van der Waals surface area contributed by atoms with Crippen molar-refractivity contribution in [2.75, 3.05) is 17.4 Å². The summed E-state index contributed by atoms with van der Waals surface area (Å²) in [4.78, 5) is 19.6. The maximum atomic E-state index is 15.4. The summed E-state index contributed by atoms with van der Waals surface area (Å²) in [5.41, 5.74) is 8.53. The molecule has 0 fully saturated rings. The van der Waals surface area contributed by atoms with Crippen molar-refractivity contribution in [1.29, 1.82) is 0 Å². The molecule has 2 aliphatic rings. The molecule has 0 spiro atoms. The number of amides is 1. The Morgan fingerprint density at radius 1 is 1.18 bits per heavy atom. The van der Waals surface area contributed by atoms with Crippen LogP contribution in [0.2, 0.25) is 5.02 Å². The average molecular weight is 615 g/mol. The number of aromatic amines is 1. The molecular formula is C31H28ClFN8O3. The lowest BCUT2D eigenvalue weighted by molar-refractivity contribution is -0.703. The van der Waals surface area contributed by atoms with E-state index in [4.69, 9.17) is 11.6 Å². The molecule has 44 heavy (non-hydrogen) atoms. The molecule has 13 heteroatoms. The van der Waals surface area contributed by atoms with Crippen molar-refractivity contribution < 1.29 is 19.5 Å². The molecule has 3 heterocycles. The molecule has 0 bridgehead atoms. The van der Waals surface area contributed by atoms with Crippen LogP contribution < -0.4 is 21.4 Å². The van der Waals surface area contributed by atoms with Crippen molar-refractivity contribution >= 4 is 41.0 Å². The highest BCUT2D eigenvalue weighted by molar-refractivity contribution is 6.31. The van der Waals surface area contributed by atoms with Crippen LogP contribution in [-0.4, -0.2) is 40.6 Å². The van der Waals surface area contributed by atoms with Crippen LogP contribution in [0.15, 0.2) is 96.4 Å². The topological polar surface area (TPSA) is 138 Å². The summed E-state index contributed by atoms with van der Waals surface area (Å²) in [7, 11) is 1.30. The first-order valence-electron chi connectivity index (χ1n) is 13.7. The van der Waals surface area contributed by atoms with Gasteiger partial charge in [0.25, 0.3) is 0 Å². The molecule has 5 N–H and O–H groups in total. The molecule has 0 radical (unpaired) electrons. The number of H-pyrrole nitrogens is 1. The Balaban J connectivity index is 1.30. The first kappa shape index (κ1) is 28.9. The van der Waals surface area contributed by atoms with E-state index in [1.165, 1.54) is 25.7 Å². The number of quaternary nitrogens is 1. The molecular weight excluding hydrogens is 587 g/mol. The molecule has 4 aromatic rings. The van der Waals surface area contributed by atoms with E-state index in [1.54, 1.807) is 47.1 Å². The van der Waals surface area contributed by atoms with Gasteiger partial charge in [-0.05, 0) is 48.0 Å². The molecule has 224 valence electrons. The standard InChI is InChI=1S/C31H27ClFN8O3/c1-44-31(42)36-22-10-7-20(8-11-22)25-16-34-30(37-25)23(15-19-5-3-2-4-6-19)26-13-9-21(17-41(26)43)28-27(40-18-35-38-39-40)14-12-24(32)29(28)33/h2-14,16-18,23,26,38-39H,15H2,1H3,(H,34,37)(H,36,42)/q-1/p+1. The van der Waals surface area contributed by atoms with Gasteiger partial charge in [0.1, 0.15) is 11.5 Å². The number of hydrogen-bond acceptors (Lipinski definition) is 8.